The maximum Gasteiger partial charge on any atom is 0.323 e. The van der Waals surface area contributed by atoms with Gasteiger partial charge < -0.3 is 20.7 Å². The van der Waals surface area contributed by atoms with Gasteiger partial charge in [-0.2, -0.15) is 0 Å². The Morgan fingerprint density at radius 1 is 1.12 bits per heavy atom. The third kappa shape index (κ3) is 4.53. The van der Waals surface area contributed by atoms with Crippen LogP contribution in [0.1, 0.15) is 35.7 Å². The van der Waals surface area contributed by atoms with Crippen molar-refractivity contribution in [3.05, 3.63) is 53.6 Å². The number of carbonyl (C=O) groups excluding carboxylic acids is 2. The van der Waals surface area contributed by atoms with Gasteiger partial charge in [-0.15, -0.1) is 0 Å². The SMILES string of the molecule is CCCCOc1ccc(NC(=O)Nc2ccc3c(c2)C(=O)NCC3)cc1. The average molecular weight is 353 g/mol. The van der Waals surface area contributed by atoms with Crippen LogP contribution in [-0.2, 0) is 6.42 Å². The van der Waals surface area contributed by atoms with Gasteiger partial charge in [-0.3, -0.25) is 4.79 Å². The summed E-state index contributed by atoms with van der Waals surface area (Å²) in [7, 11) is 0. The van der Waals surface area contributed by atoms with Gasteiger partial charge in [-0.25, -0.2) is 4.79 Å². The summed E-state index contributed by atoms with van der Waals surface area (Å²) >= 11 is 0. The van der Waals surface area contributed by atoms with Gasteiger partial charge in [0.25, 0.3) is 5.91 Å². The highest BCUT2D eigenvalue weighted by molar-refractivity contribution is 6.02. The molecule has 0 saturated carbocycles. The zero-order valence-corrected chi connectivity index (χ0v) is 14.8. The summed E-state index contributed by atoms with van der Waals surface area (Å²) in [5, 5.41) is 8.33. The molecule has 3 N–H and O–H groups in total. The molecule has 3 rings (SSSR count). The molecule has 0 aliphatic carbocycles. The second-order valence-corrected chi connectivity index (χ2v) is 6.18. The molecule has 2 aromatic carbocycles. The van der Waals surface area contributed by atoms with Crippen LogP contribution >= 0.6 is 0 Å². The van der Waals surface area contributed by atoms with E-state index in [1.54, 1.807) is 18.2 Å². The smallest absolute Gasteiger partial charge is 0.323 e. The molecule has 0 saturated heterocycles. The monoisotopic (exact) mass is 353 g/mol. The van der Waals surface area contributed by atoms with Gasteiger partial charge in [0.2, 0.25) is 0 Å². The molecule has 6 heteroatoms. The predicted octanol–water partition coefficient (Wildman–Crippen LogP) is 3.80. The predicted molar refractivity (Wildman–Crippen MR) is 102 cm³/mol. The molecule has 0 fully saturated rings. The van der Waals surface area contributed by atoms with Crippen molar-refractivity contribution in [2.45, 2.75) is 26.2 Å². The van der Waals surface area contributed by atoms with Crippen molar-refractivity contribution < 1.29 is 14.3 Å². The quantitative estimate of drug-likeness (QED) is 0.691. The lowest BCUT2D eigenvalue weighted by atomic mass is 10.00. The summed E-state index contributed by atoms with van der Waals surface area (Å²) in [5.74, 6) is 0.680. The van der Waals surface area contributed by atoms with Crippen molar-refractivity contribution in [2.75, 3.05) is 23.8 Å². The maximum atomic E-state index is 12.2. The number of urea groups is 1. The number of hydrogen-bond acceptors (Lipinski definition) is 3. The molecular formula is C20H23N3O3. The summed E-state index contributed by atoms with van der Waals surface area (Å²) in [6.07, 6.45) is 2.91. The Hall–Kier alpha value is -3.02. The van der Waals surface area contributed by atoms with Crippen molar-refractivity contribution in [2.24, 2.45) is 0 Å². The Balaban J connectivity index is 1.57. The third-order valence-electron chi connectivity index (χ3n) is 4.17. The van der Waals surface area contributed by atoms with Crippen molar-refractivity contribution in [1.29, 1.82) is 0 Å². The summed E-state index contributed by atoms with van der Waals surface area (Å²) in [5.41, 5.74) is 2.86. The fraction of sp³-hybridized carbons (Fsp3) is 0.300. The van der Waals surface area contributed by atoms with Crippen LogP contribution in [0.4, 0.5) is 16.2 Å². The van der Waals surface area contributed by atoms with Crippen molar-refractivity contribution in [3.8, 4) is 5.75 Å². The molecule has 3 amide bonds. The van der Waals surface area contributed by atoms with Crippen molar-refractivity contribution in [1.82, 2.24) is 5.32 Å². The number of fused-ring (bicyclic) bond motifs is 1. The molecule has 0 unspecified atom stereocenters. The molecule has 1 aliphatic heterocycles. The number of rotatable bonds is 6. The lowest BCUT2D eigenvalue weighted by Crippen LogP contribution is -2.32. The van der Waals surface area contributed by atoms with Crippen LogP contribution in [-0.4, -0.2) is 25.1 Å². The van der Waals surface area contributed by atoms with Gasteiger partial charge in [-0.05, 0) is 54.8 Å². The van der Waals surface area contributed by atoms with E-state index in [1.807, 2.05) is 24.3 Å². The lowest BCUT2D eigenvalue weighted by Gasteiger charge is -2.17. The Kier molecular flexibility index (Phi) is 5.73. The first kappa shape index (κ1) is 17.8. The Morgan fingerprint density at radius 2 is 1.85 bits per heavy atom. The summed E-state index contributed by atoms with van der Waals surface area (Å²) in [6.45, 7) is 3.46. The second-order valence-electron chi connectivity index (χ2n) is 6.18. The van der Waals surface area contributed by atoms with Gasteiger partial charge in [0.15, 0.2) is 0 Å². The molecule has 26 heavy (non-hydrogen) atoms. The minimum atomic E-state index is -0.360. The Bertz CT molecular complexity index is 787. The lowest BCUT2D eigenvalue weighted by molar-refractivity contribution is 0.0946. The molecule has 0 radical (unpaired) electrons. The number of carbonyl (C=O) groups is 2. The largest absolute Gasteiger partial charge is 0.494 e. The zero-order valence-electron chi connectivity index (χ0n) is 14.8. The third-order valence-corrected chi connectivity index (χ3v) is 4.17. The number of benzene rings is 2. The minimum Gasteiger partial charge on any atom is -0.494 e. The van der Waals surface area contributed by atoms with E-state index >= 15 is 0 Å². The topological polar surface area (TPSA) is 79.5 Å². The number of anilines is 2. The molecule has 2 aromatic rings. The maximum absolute atomic E-state index is 12.2. The van der Waals surface area contributed by atoms with Gasteiger partial charge in [0.1, 0.15) is 5.75 Å². The van der Waals surface area contributed by atoms with E-state index in [2.05, 4.69) is 22.9 Å². The first-order chi connectivity index (χ1) is 12.7. The highest BCUT2D eigenvalue weighted by Crippen LogP contribution is 2.20. The molecule has 1 aliphatic rings. The van der Waals surface area contributed by atoms with Gasteiger partial charge in [0.05, 0.1) is 6.61 Å². The zero-order chi connectivity index (χ0) is 18.4. The van der Waals surface area contributed by atoms with E-state index < -0.39 is 0 Å². The van der Waals surface area contributed by atoms with Crippen LogP contribution in [0.2, 0.25) is 0 Å². The fourth-order valence-corrected chi connectivity index (χ4v) is 2.75. The van der Waals surface area contributed by atoms with E-state index in [1.165, 1.54) is 0 Å². The van der Waals surface area contributed by atoms with E-state index in [0.29, 0.717) is 30.1 Å². The minimum absolute atomic E-state index is 0.103. The summed E-state index contributed by atoms with van der Waals surface area (Å²) < 4.78 is 5.60. The van der Waals surface area contributed by atoms with E-state index in [-0.39, 0.29) is 11.9 Å². The van der Waals surface area contributed by atoms with Gasteiger partial charge in [-0.1, -0.05) is 19.4 Å². The highest BCUT2D eigenvalue weighted by Gasteiger charge is 2.17. The second kappa shape index (κ2) is 8.38. The Morgan fingerprint density at radius 3 is 2.62 bits per heavy atom. The number of hydrogen-bond donors (Lipinski definition) is 3. The van der Waals surface area contributed by atoms with Crippen LogP contribution in [0.25, 0.3) is 0 Å². The van der Waals surface area contributed by atoms with Crippen LogP contribution < -0.4 is 20.7 Å². The van der Waals surface area contributed by atoms with E-state index in [0.717, 1.165) is 30.6 Å². The molecule has 0 bridgehead atoms. The summed E-state index contributed by atoms with van der Waals surface area (Å²) in [6, 6.07) is 12.3. The Labute approximate surface area is 152 Å². The van der Waals surface area contributed by atoms with Crippen LogP contribution in [0.3, 0.4) is 0 Å². The highest BCUT2D eigenvalue weighted by atomic mass is 16.5. The van der Waals surface area contributed by atoms with Gasteiger partial charge >= 0.3 is 6.03 Å². The molecule has 1 heterocycles. The molecule has 0 atom stereocenters. The fourth-order valence-electron chi connectivity index (χ4n) is 2.75. The number of amides is 3. The number of ether oxygens (including phenoxy) is 1. The number of nitrogens with one attached hydrogen (secondary N) is 3. The van der Waals surface area contributed by atoms with Gasteiger partial charge in [0, 0.05) is 23.5 Å². The van der Waals surface area contributed by atoms with Crippen molar-refractivity contribution in [3.63, 3.8) is 0 Å². The molecular weight excluding hydrogens is 330 g/mol. The summed E-state index contributed by atoms with van der Waals surface area (Å²) in [4.78, 5) is 24.1. The first-order valence-electron chi connectivity index (χ1n) is 8.87. The normalized spacial score (nSPS) is 12.7. The van der Waals surface area contributed by atoms with Crippen LogP contribution in [0.15, 0.2) is 42.5 Å². The number of unbranched alkanes of at least 4 members (excludes halogenated alkanes) is 1. The standard InChI is InChI=1S/C20H23N3O3/c1-2-3-12-26-17-8-6-15(7-9-17)22-20(25)23-16-5-4-14-10-11-21-19(24)18(14)13-16/h4-9,13H,2-3,10-12H2,1H3,(H,21,24)(H2,22,23,25). The molecule has 6 nitrogen and oxygen atoms in total. The average Bonchev–Trinajstić information content (AvgIpc) is 2.64. The van der Waals surface area contributed by atoms with E-state index in [4.69, 9.17) is 4.74 Å². The molecule has 0 aromatic heterocycles. The van der Waals surface area contributed by atoms with Crippen LogP contribution in [0, 0.1) is 0 Å². The van der Waals surface area contributed by atoms with Crippen molar-refractivity contribution >= 4 is 23.3 Å². The molecule has 0 spiro atoms. The first-order valence-corrected chi connectivity index (χ1v) is 8.87. The molecule has 136 valence electrons. The van der Waals surface area contributed by atoms with Crippen LogP contribution in [0.5, 0.6) is 5.75 Å². The van der Waals surface area contributed by atoms with E-state index in [9.17, 15) is 9.59 Å².